The van der Waals surface area contributed by atoms with Crippen LogP contribution in [0.25, 0.3) is 0 Å². The Morgan fingerprint density at radius 1 is 1.37 bits per heavy atom. The number of hydrogen-bond donors (Lipinski definition) is 1. The van der Waals surface area contributed by atoms with Gasteiger partial charge in [-0.05, 0) is 37.5 Å². The number of nitrogens with zero attached hydrogens (tertiary/aromatic N) is 1. The SMILES string of the molecule is CC(C)(C)CC1CN=C(NCCC2CCCCO2)S1. The molecule has 4 heteroatoms. The predicted octanol–water partition coefficient (Wildman–Crippen LogP) is 3.44. The lowest BCUT2D eigenvalue weighted by Crippen LogP contribution is -2.27. The Hall–Kier alpha value is -0.220. The molecule has 110 valence electrons. The Bertz CT molecular complexity index is 306. The van der Waals surface area contributed by atoms with E-state index in [1.54, 1.807) is 0 Å². The number of ether oxygens (including phenoxy) is 1. The summed E-state index contributed by atoms with van der Waals surface area (Å²) in [6.45, 7) is 9.84. The van der Waals surface area contributed by atoms with Gasteiger partial charge in [-0.25, -0.2) is 0 Å². The molecule has 0 aromatic heterocycles. The Balaban J connectivity index is 1.59. The molecule has 0 saturated carbocycles. The Kier molecular flexibility index (Phi) is 5.58. The van der Waals surface area contributed by atoms with Crippen LogP contribution in [0.1, 0.15) is 52.9 Å². The quantitative estimate of drug-likeness (QED) is 0.858. The molecule has 2 rings (SSSR count). The van der Waals surface area contributed by atoms with E-state index in [4.69, 9.17) is 4.74 Å². The fourth-order valence-electron chi connectivity index (χ4n) is 2.68. The highest BCUT2D eigenvalue weighted by Crippen LogP contribution is 2.31. The van der Waals surface area contributed by atoms with Gasteiger partial charge in [-0.1, -0.05) is 32.5 Å². The molecule has 0 aromatic rings. The van der Waals surface area contributed by atoms with Crippen LogP contribution >= 0.6 is 11.8 Å². The van der Waals surface area contributed by atoms with Crippen LogP contribution in [0.15, 0.2) is 4.99 Å². The van der Waals surface area contributed by atoms with E-state index in [0.29, 0.717) is 16.8 Å². The van der Waals surface area contributed by atoms with Crippen molar-refractivity contribution in [3.63, 3.8) is 0 Å². The van der Waals surface area contributed by atoms with Crippen molar-refractivity contribution in [2.75, 3.05) is 19.7 Å². The summed E-state index contributed by atoms with van der Waals surface area (Å²) in [5.41, 5.74) is 0.401. The summed E-state index contributed by atoms with van der Waals surface area (Å²) < 4.78 is 5.74. The second-order valence-electron chi connectivity index (χ2n) is 6.85. The van der Waals surface area contributed by atoms with Crippen LogP contribution in [0.3, 0.4) is 0 Å². The van der Waals surface area contributed by atoms with Crippen molar-refractivity contribution in [3.05, 3.63) is 0 Å². The van der Waals surface area contributed by atoms with Gasteiger partial charge in [0.2, 0.25) is 0 Å². The smallest absolute Gasteiger partial charge is 0.156 e. The molecular formula is C15H28N2OS. The normalized spacial score (nSPS) is 28.3. The molecule has 2 aliphatic heterocycles. The summed E-state index contributed by atoms with van der Waals surface area (Å²) >= 11 is 1.92. The van der Waals surface area contributed by atoms with Crippen LogP contribution in [-0.4, -0.2) is 36.2 Å². The van der Waals surface area contributed by atoms with E-state index < -0.39 is 0 Å². The molecule has 0 spiro atoms. The Labute approximate surface area is 122 Å². The number of thioether (sulfide) groups is 1. The average Bonchev–Trinajstić information content (AvgIpc) is 2.76. The summed E-state index contributed by atoms with van der Waals surface area (Å²) in [4.78, 5) is 4.61. The summed E-state index contributed by atoms with van der Waals surface area (Å²) in [7, 11) is 0. The molecule has 1 saturated heterocycles. The molecule has 19 heavy (non-hydrogen) atoms. The van der Waals surface area contributed by atoms with Crippen molar-refractivity contribution in [2.45, 2.75) is 64.2 Å². The third-order valence-corrected chi connectivity index (χ3v) is 4.72. The van der Waals surface area contributed by atoms with Crippen molar-refractivity contribution < 1.29 is 4.74 Å². The van der Waals surface area contributed by atoms with E-state index in [1.807, 2.05) is 11.8 Å². The van der Waals surface area contributed by atoms with Gasteiger partial charge in [-0.2, -0.15) is 0 Å². The summed E-state index contributed by atoms with van der Waals surface area (Å²) in [5.74, 6) is 0. The van der Waals surface area contributed by atoms with Gasteiger partial charge >= 0.3 is 0 Å². The molecule has 2 atom stereocenters. The molecule has 0 bridgehead atoms. The largest absolute Gasteiger partial charge is 0.378 e. The predicted molar refractivity (Wildman–Crippen MR) is 84.0 cm³/mol. The van der Waals surface area contributed by atoms with Gasteiger partial charge in [0.05, 0.1) is 12.6 Å². The van der Waals surface area contributed by atoms with Crippen LogP contribution in [-0.2, 0) is 4.74 Å². The molecule has 0 radical (unpaired) electrons. The van der Waals surface area contributed by atoms with Gasteiger partial charge in [0, 0.05) is 18.4 Å². The first-order chi connectivity index (χ1) is 9.03. The van der Waals surface area contributed by atoms with Crippen LogP contribution < -0.4 is 5.32 Å². The average molecular weight is 284 g/mol. The van der Waals surface area contributed by atoms with Crippen molar-refractivity contribution in [1.82, 2.24) is 5.32 Å². The number of amidine groups is 1. The van der Waals surface area contributed by atoms with Crippen molar-refractivity contribution in [3.8, 4) is 0 Å². The molecule has 0 amide bonds. The number of nitrogens with one attached hydrogen (secondary N) is 1. The van der Waals surface area contributed by atoms with E-state index in [0.717, 1.165) is 31.3 Å². The molecule has 1 N–H and O–H groups in total. The van der Waals surface area contributed by atoms with Gasteiger partial charge in [0.1, 0.15) is 0 Å². The van der Waals surface area contributed by atoms with E-state index >= 15 is 0 Å². The van der Waals surface area contributed by atoms with E-state index in [2.05, 4.69) is 31.1 Å². The molecule has 0 aliphatic carbocycles. The molecule has 1 fully saturated rings. The van der Waals surface area contributed by atoms with Gasteiger partial charge in [0.25, 0.3) is 0 Å². The standard InChI is InChI=1S/C15H28N2OS/c1-15(2,3)10-13-11-17-14(19-13)16-8-7-12-6-4-5-9-18-12/h12-13H,4-11H2,1-3H3,(H,16,17). The zero-order valence-corrected chi connectivity index (χ0v) is 13.4. The van der Waals surface area contributed by atoms with Gasteiger partial charge < -0.3 is 10.1 Å². The van der Waals surface area contributed by atoms with Crippen LogP contribution in [0, 0.1) is 5.41 Å². The summed E-state index contributed by atoms with van der Waals surface area (Å²) in [6, 6.07) is 0. The molecule has 2 heterocycles. The lowest BCUT2D eigenvalue weighted by atomic mass is 9.90. The number of rotatable bonds is 4. The lowest BCUT2D eigenvalue weighted by molar-refractivity contribution is 0.0122. The molecule has 3 nitrogen and oxygen atoms in total. The third-order valence-electron chi connectivity index (χ3n) is 3.57. The fourth-order valence-corrected chi connectivity index (χ4v) is 4.06. The first-order valence-electron chi connectivity index (χ1n) is 7.59. The third kappa shape index (κ3) is 5.74. The molecule has 2 unspecified atom stereocenters. The van der Waals surface area contributed by atoms with E-state index in [-0.39, 0.29) is 0 Å². The monoisotopic (exact) mass is 284 g/mol. The topological polar surface area (TPSA) is 33.6 Å². The molecular weight excluding hydrogens is 256 g/mol. The maximum Gasteiger partial charge on any atom is 0.156 e. The van der Waals surface area contributed by atoms with Crippen LogP contribution in [0.2, 0.25) is 0 Å². The Morgan fingerprint density at radius 3 is 2.89 bits per heavy atom. The summed E-state index contributed by atoms with van der Waals surface area (Å²) in [5, 5.41) is 5.28. The minimum absolute atomic E-state index is 0.401. The van der Waals surface area contributed by atoms with Gasteiger partial charge in [-0.3, -0.25) is 4.99 Å². The first-order valence-corrected chi connectivity index (χ1v) is 8.47. The molecule has 2 aliphatic rings. The highest BCUT2D eigenvalue weighted by molar-refractivity contribution is 8.14. The van der Waals surface area contributed by atoms with E-state index in [9.17, 15) is 0 Å². The highest BCUT2D eigenvalue weighted by atomic mass is 32.2. The first kappa shape index (κ1) is 15.2. The number of hydrogen-bond acceptors (Lipinski definition) is 4. The lowest BCUT2D eigenvalue weighted by Gasteiger charge is -2.23. The maximum absolute atomic E-state index is 5.74. The zero-order valence-electron chi connectivity index (χ0n) is 12.6. The summed E-state index contributed by atoms with van der Waals surface area (Å²) in [6.07, 6.45) is 6.61. The van der Waals surface area contributed by atoms with Crippen LogP contribution in [0.5, 0.6) is 0 Å². The minimum Gasteiger partial charge on any atom is -0.378 e. The van der Waals surface area contributed by atoms with Crippen molar-refractivity contribution >= 4 is 16.9 Å². The van der Waals surface area contributed by atoms with Gasteiger partial charge in [-0.15, -0.1) is 0 Å². The Morgan fingerprint density at radius 2 is 2.21 bits per heavy atom. The van der Waals surface area contributed by atoms with E-state index in [1.165, 1.54) is 25.7 Å². The highest BCUT2D eigenvalue weighted by Gasteiger charge is 2.25. The van der Waals surface area contributed by atoms with Crippen molar-refractivity contribution in [1.29, 1.82) is 0 Å². The molecule has 0 aromatic carbocycles. The second-order valence-corrected chi connectivity index (χ2v) is 8.14. The van der Waals surface area contributed by atoms with Gasteiger partial charge in [0.15, 0.2) is 5.17 Å². The van der Waals surface area contributed by atoms with Crippen LogP contribution in [0.4, 0.5) is 0 Å². The second kappa shape index (κ2) is 6.98. The minimum atomic E-state index is 0.401. The van der Waals surface area contributed by atoms with Crippen molar-refractivity contribution in [2.24, 2.45) is 10.4 Å². The zero-order chi connectivity index (χ0) is 13.7. The maximum atomic E-state index is 5.74. The number of aliphatic imine (C=N–C) groups is 1. The fraction of sp³-hybridized carbons (Fsp3) is 0.933.